The molecule has 0 saturated heterocycles. The maximum absolute atomic E-state index is 12.2. The molecule has 7 nitrogen and oxygen atoms in total. The highest BCUT2D eigenvalue weighted by Gasteiger charge is 2.15. The molecule has 0 saturated carbocycles. The first-order chi connectivity index (χ1) is 10.4. The number of carbonyl (C=O) groups excluding carboxylic acids is 2. The molecule has 2 aromatic carbocycles. The summed E-state index contributed by atoms with van der Waals surface area (Å²) in [5.41, 5.74) is 5.73. The fourth-order valence-corrected chi connectivity index (χ4v) is 1.98. The van der Waals surface area contributed by atoms with Gasteiger partial charge < -0.3 is 11.1 Å². The minimum atomic E-state index is -0.592. The lowest BCUT2D eigenvalue weighted by Gasteiger charge is -2.07. The van der Waals surface area contributed by atoms with Crippen LogP contribution in [0.4, 0.5) is 11.4 Å². The van der Waals surface area contributed by atoms with Crippen LogP contribution in [0, 0.1) is 10.1 Å². The Morgan fingerprint density at radius 2 is 1.77 bits per heavy atom. The second-order valence-corrected chi connectivity index (χ2v) is 4.84. The molecule has 2 rings (SSSR count). The van der Waals surface area contributed by atoms with Gasteiger partial charge >= 0.3 is 0 Å². The molecule has 0 radical (unpaired) electrons. The third-order valence-electron chi connectivity index (χ3n) is 2.86. The fraction of sp³-hybridized carbons (Fsp3) is 0. The predicted molar refractivity (Wildman–Crippen MR) is 83.3 cm³/mol. The average Bonchev–Trinajstić information content (AvgIpc) is 2.47. The van der Waals surface area contributed by atoms with E-state index in [0.29, 0.717) is 16.1 Å². The number of nitro benzene ring substituents is 1. The molecule has 0 spiro atoms. The zero-order chi connectivity index (χ0) is 16.3. The molecule has 0 heterocycles. The molecule has 3 N–H and O–H groups in total. The van der Waals surface area contributed by atoms with Gasteiger partial charge in [0.2, 0.25) is 5.91 Å². The lowest BCUT2D eigenvalue weighted by atomic mass is 10.1. The number of primary amides is 1. The van der Waals surface area contributed by atoms with Crippen molar-refractivity contribution in [1.82, 2.24) is 0 Å². The number of anilines is 1. The van der Waals surface area contributed by atoms with Gasteiger partial charge in [-0.3, -0.25) is 19.7 Å². The predicted octanol–water partition coefficient (Wildman–Crippen LogP) is 2.23. The Bertz CT molecular complexity index is 759. The molecule has 0 aliphatic heterocycles. The van der Waals surface area contributed by atoms with Gasteiger partial charge in [-0.25, -0.2) is 0 Å². The summed E-state index contributed by atoms with van der Waals surface area (Å²) in [6, 6.07) is 9.74. The number of non-ortho nitro benzene ring substituents is 1. The van der Waals surface area contributed by atoms with Gasteiger partial charge in [0.15, 0.2) is 0 Å². The fourth-order valence-electron chi connectivity index (χ4n) is 1.74. The number of carbonyl (C=O) groups is 2. The monoisotopic (exact) mass is 317 g/mol. The Hall–Kier alpha value is -2.87. The maximum Gasteiger partial charge on any atom is 0.270 e. The van der Waals surface area contributed by atoms with Crippen molar-refractivity contribution in [2.24, 2.45) is 5.73 Å². The summed E-state index contributed by atoms with van der Waals surface area (Å²) in [5.74, 6) is -1.12. The summed E-state index contributed by atoms with van der Waals surface area (Å²) in [5, 5.41) is 13.3. The summed E-state index contributed by atoms with van der Waals surface area (Å²) in [7, 11) is 0. The SMILES string of the molecule is NC(=O)c1ccc(NC(=O)c2cc([N+](=O)[O-])ccc2S)cc1. The van der Waals surface area contributed by atoms with E-state index >= 15 is 0 Å². The summed E-state index contributed by atoms with van der Waals surface area (Å²) < 4.78 is 0. The first-order valence-corrected chi connectivity index (χ1v) is 6.52. The highest BCUT2D eigenvalue weighted by molar-refractivity contribution is 7.80. The standard InChI is InChI=1S/C14H11N3O4S/c15-13(18)8-1-3-9(4-2-8)16-14(19)11-7-10(17(20)21)5-6-12(11)22/h1-7,22H,(H2,15,18)(H,16,19). The summed E-state index contributed by atoms with van der Waals surface area (Å²) in [4.78, 5) is 33.6. The van der Waals surface area contributed by atoms with Crippen LogP contribution in [0.15, 0.2) is 47.4 Å². The molecule has 0 aliphatic rings. The summed E-state index contributed by atoms with van der Waals surface area (Å²) in [6.07, 6.45) is 0. The van der Waals surface area contributed by atoms with Gasteiger partial charge in [-0.05, 0) is 30.3 Å². The van der Waals surface area contributed by atoms with Crippen LogP contribution in [-0.4, -0.2) is 16.7 Å². The quantitative estimate of drug-likeness (QED) is 0.455. The van der Waals surface area contributed by atoms with E-state index in [1.807, 2.05) is 0 Å². The van der Waals surface area contributed by atoms with Gasteiger partial charge in [0, 0.05) is 28.3 Å². The van der Waals surface area contributed by atoms with Gasteiger partial charge in [0.1, 0.15) is 0 Å². The molecular weight excluding hydrogens is 306 g/mol. The first-order valence-electron chi connectivity index (χ1n) is 6.07. The van der Waals surface area contributed by atoms with Crippen molar-refractivity contribution in [2.45, 2.75) is 4.90 Å². The summed E-state index contributed by atoms with van der Waals surface area (Å²) in [6.45, 7) is 0. The molecule has 0 aromatic heterocycles. The molecule has 2 aromatic rings. The number of nitrogens with one attached hydrogen (secondary N) is 1. The Labute approximate surface area is 130 Å². The highest BCUT2D eigenvalue weighted by Crippen LogP contribution is 2.22. The molecule has 8 heteroatoms. The van der Waals surface area contributed by atoms with Crippen LogP contribution in [0.5, 0.6) is 0 Å². The van der Waals surface area contributed by atoms with Crippen molar-refractivity contribution in [3.63, 3.8) is 0 Å². The van der Waals surface area contributed by atoms with Gasteiger partial charge in [0.25, 0.3) is 11.6 Å². The van der Waals surface area contributed by atoms with Crippen LogP contribution in [0.3, 0.4) is 0 Å². The minimum Gasteiger partial charge on any atom is -0.366 e. The van der Waals surface area contributed by atoms with Crippen LogP contribution in [-0.2, 0) is 0 Å². The van der Waals surface area contributed by atoms with E-state index < -0.39 is 16.7 Å². The Morgan fingerprint density at radius 3 is 2.32 bits per heavy atom. The Balaban J connectivity index is 2.23. The zero-order valence-corrected chi connectivity index (χ0v) is 12.0. The third-order valence-corrected chi connectivity index (χ3v) is 3.25. The Kier molecular flexibility index (Phi) is 4.42. The van der Waals surface area contributed by atoms with E-state index in [1.54, 1.807) is 0 Å². The van der Waals surface area contributed by atoms with E-state index in [9.17, 15) is 19.7 Å². The number of benzene rings is 2. The number of rotatable bonds is 4. The molecule has 0 fully saturated rings. The normalized spacial score (nSPS) is 10.0. The molecule has 2 amide bonds. The van der Waals surface area contributed by atoms with Gasteiger partial charge in [-0.1, -0.05) is 0 Å². The van der Waals surface area contributed by atoms with Crippen LogP contribution in [0.1, 0.15) is 20.7 Å². The van der Waals surface area contributed by atoms with E-state index in [2.05, 4.69) is 17.9 Å². The number of nitrogens with zero attached hydrogens (tertiary/aromatic N) is 1. The number of hydrogen-bond acceptors (Lipinski definition) is 5. The molecule has 0 aliphatic carbocycles. The molecule has 112 valence electrons. The topological polar surface area (TPSA) is 115 Å². The second kappa shape index (κ2) is 6.27. The van der Waals surface area contributed by atoms with Crippen molar-refractivity contribution >= 4 is 35.8 Å². The van der Waals surface area contributed by atoms with Crippen LogP contribution in [0.2, 0.25) is 0 Å². The number of nitro groups is 1. The first kappa shape index (κ1) is 15.5. The smallest absolute Gasteiger partial charge is 0.270 e. The lowest BCUT2D eigenvalue weighted by Crippen LogP contribution is -2.14. The Morgan fingerprint density at radius 1 is 1.14 bits per heavy atom. The molecule has 0 atom stereocenters. The van der Waals surface area contributed by atoms with Crippen molar-refractivity contribution in [3.05, 3.63) is 63.7 Å². The van der Waals surface area contributed by atoms with E-state index in [4.69, 9.17) is 5.73 Å². The van der Waals surface area contributed by atoms with Crippen molar-refractivity contribution in [1.29, 1.82) is 0 Å². The van der Waals surface area contributed by atoms with Crippen molar-refractivity contribution < 1.29 is 14.5 Å². The molecule has 22 heavy (non-hydrogen) atoms. The molecule has 0 unspecified atom stereocenters. The third kappa shape index (κ3) is 3.41. The van der Waals surface area contributed by atoms with Crippen LogP contribution < -0.4 is 11.1 Å². The van der Waals surface area contributed by atoms with E-state index in [0.717, 1.165) is 6.07 Å². The summed E-state index contributed by atoms with van der Waals surface area (Å²) >= 11 is 4.12. The minimum absolute atomic E-state index is 0.0801. The molecular formula is C14H11N3O4S. The number of amides is 2. The zero-order valence-electron chi connectivity index (χ0n) is 11.1. The van der Waals surface area contributed by atoms with Gasteiger partial charge in [-0.2, -0.15) is 0 Å². The largest absolute Gasteiger partial charge is 0.366 e. The number of thiol groups is 1. The van der Waals surface area contributed by atoms with E-state index in [-0.39, 0.29) is 11.3 Å². The maximum atomic E-state index is 12.2. The average molecular weight is 317 g/mol. The van der Waals surface area contributed by atoms with Gasteiger partial charge in [-0.15, -0.1) is 12.6 Å². The second-order valence-electron chi connectivity index (χ2n) is 4.35. The number of nitrogens with two attached hydrogens (primary N) is 1. The number of hydrogen-bond donors (Lipinski definition) is 3. The van der Waals surface area contributed by atoms with Crippen molar-refractivity contribution in [2.75, 3.05) is 5.32 Å². The molecule has 0 bridgehead atoms. The highest BCUT2D eigenvalue weighted by atomic mass is 32.1. The van der Waals surface area contributed by atoms with Gasteiger partial charge in [0.05, 0.1) is 10.5 Å². The van der Waals surface area contributed by atoms with Crippen LogP contribution >= 0.6 is 12.6 Å². The lowest BCUT2D eigenvalue weighted by molar-refractivity contribution is -0.384. The van der Waals surface area contributed by atoms with Crippen molar-refractivity contribution in [3.8, 4) is 0 Å². The van der Waals surface area contributed by atoms with Crippen LogP contribution in [0.25, 0.3) is 0 Å². The van der Waals surface area contributed by atoms with E-state index in [1.165, 1.54) is 36.4 Å².